The van der Waals surface area contributed by atoms with Crippen LogP contribution in [-0.2, 0) is 0 Å². The number of hydrogen-bond donors (Lipinski definition) is 1. The van der Waals surface area contributed by atoms with E-state index in [0.717, 1.165) is 12.3 Å². The predicted octanol–water partition coefficient (Wildman–Crippen LogP) is 2.11. The van der Waals surface area contributed by atoms with E-state index in [1.807, 2.05) is 19.1 Å². The minimum absolute atomic E-state index is 0.0605. The van der Waals surface area contributed by atoms with Crippen LogP contribution in [0.2, 0.25) is 0 Å². The molecular formula is C17H29N3O. The number of likely N-dealkylation sites (N-methyl/N-ethyl adjacent to an activating group) is 1. The zero-order chi connectivity index (χ0) is 15.2. The lowest BCUT2D eigenvalue weighted by Gasteiger charge is -2.36. The molecule has 1 fully saturated rings. The molecule has 0 bridgehead atoms. The molecule has 1 aliphatic rings. The van der Waals surface area contributed by atoms with Crippen molar-refractivity contribution >= 4 is 0 Å². The molecule has 0 aromatic heterocycles. The molecule has 1 atom stereocenters. The van der Waals surface area contributed by atoms with Gasteiger partial charge in [0.25, 0.3) is 0 Å². The largest absolute Gasteiger partial charge is 0.494 e. The Labute approximate surface area is 128 Å². The van der Waals surface area contributed by atoms with Gasteiger partial charge in [-0.15, -0.1) is 0 Å². The lowest BCUT2D eigenvalue weighted by molar-refractivity contribution is 0.139. The first-order chi connectivity index (χ1) is 10.1. The third-order valence-electron chi connectivity index (χ3n) is 4.42. The standard InChI is InChI=1S/C17H29N3O/c1-4-21-16-7-5-14(6-8-16)17(18)13-20(3)15-9-11-19(2)12-10-15/h5-8,15,17H,4,9-13,18H2,1-3H3. The number of ether oxygens (including phenoxy) is 1. The van der Waals surface area contributed by atoms with Gasteiger partial charge in [0, 0.05) is 18.6 Å². The maximum atomic E-state index is 6.36. The van der Waals surface area contributed by atoms with Gasteiger partial charge >= 0.3 is 0 Å². The molecule has 2 rings (SSSR count). The minimum atomic E-state index is 0.0605. The third kappa shape index (κ3) is 4.70. The van der Waals surface area contributed by atoms with Crippen LogP contribution in [-0.4, -0.2) is 56.2 Å². The predicted molar refractivity (Wildman–Crippen MR) is 87.7 cm³/mol. The van der Waals surface area contributed by atoms with E-state index >= 15 is 0 Å². The van der Waals surface area contributed by atoms with Crippen molar-refractivity contribution in [3.8, 4) is 5.75 Å². The van der Waals surface area contributed by atoms with Gasteiger partial charge in [-0.3, -0.25) is 0 Å². The molecular weight excluding hydrogens is 262 g/mol. The van der Waals surface area contributed by atoms with Crippen LogP contribution in [0.3, 0.4) is 0 Å². The number of nitrogens with zero attached hydrogens (tertiary/aromatic N) is 2. The van der Waals surface area contributed by atoms with Crippen molar-refractivity contribution in [2.75, 3.05) is 40.3 Å². The van der Waals surface area contributed by atoms with E-state index < -0.39 is 0 Å². The summed E-state index contributed by atoms with van der Waals surface area (Å²) in [4.78, 5) is 4.82. The molecule has 1 heterocycles. The van der Waals surface area contributed by atoms with E-state index in [0.29, 0.717) is 12.6 Å². The first kappa shape index (κ1) is 16.3. The summed E-state index contributed by atoms with van der Waals surface area (Å²) in [6, 6.07) is 8.90. The highest BCUT2D eigenvalue weighted by Gasteiger charge is 2.22. The number of benzene rings is 1. The van der Waals surface area contributed by atoms with E-state index in [9.17, 15) is 0 Å². The second-order valence-corrected chi connectivity index (χ2v) is 6.08. The molecule has 0 radical (unpaired) electrons. The molecule has 1 aliphatic heterocycles. The molecule has 0 saturated carbocycles. The van der Waals surface area contributed by atoms with Crippen molar-refractivity contribution in [1.29, 1.82) is 0 Å². The summed E-state index contributed by atoms with van der Waals surface area (Å²) in [6.07, 6.45) is 2.48. The molecule has 2 N–H and O–H groups in total. The van der Waals surface area contributed by atoms with Crippen LogP contribution in [0.4, 0.5) is 0 Å². The van der Waals surface area contributed by atoms with Crippen LogP contribution >= 0.6 is 0 Å². The summed E-state index contributed by atoms with van der Waals surface area (Å²) in [7, 11) is 4.40. The molecule has 4 heteroatoms. The van der Waals surface area contributed by atoms with Gasteiger partial charge in [-0.25, -0.2) is 0 Å². The Morgan fingerprint density at radius 2 is 1.90 bits per heavy atom. The van der Waals surface area contributed by atoms with E-state index in [4.69, 9.17) is 10.5 Å². The van der Waals surface area contributed by atoms with Gasteiger partial charge in [0.15, 0.2) is 0 Å². The van der Waals surface area contributed by atoms with Crippen LogP contribution in [0, 0.1) is 0 Å². The van der Waals surface area contributed by atoms with Crippen molar-refractivity contribution < 1.29 is 4.74 Å². The Kier molecular flexibility index (Phi) is 6.03. The van der Waals surface area contributed by atoms with Crippen LogP contribution in [0.25, 0.3) is 0 Å². The Hall–Kier alpha value is -1.10. The fraction of sp³-hybridized carbons (Fsp3) is 0.647. The first-order valence-corrected chi connectivity index (χ1v) is 7.97. The van der Waals surface area contributed by atoms with Crippen molar-refractivity contribution in [1.82, 2.24) is 9.80 Å². The fourth-order valence-electron chi connectivity index (χ4n) is 2.98. The van der Waals surface area contributed by atoms with E-state index in [1.165, 1.54) is 31.5 Å². The highest BCUT2D eigenvalue weighted by Crippen LogP contribution is 2.20. The number of hydrogen-bond acceptors (Lipinski definition) is 4. The second-order valence-electron chi connectivity index (χ2n) is 6.08. The molecule has 0 amide bonds. The second kappa shape index (κ2) is 7.78. The minimum Gasteiger partial charge on any atom is -0.494 e. The number of piperidine rings is 1. The molecule has 0 aliphatic carbocycles. The molecule has 0 spiro atoms. The average Bonchev–Trinajstić information content (AvgIpc) is 2.49. The van der Waals surface area contributed by atoms with Crippen LogP contribution in [0.15, 0.2) is 24.3 Å². The molecule has 21 heavy (non-hydrogen) atoms. The smallest absolute Gasteiger partial charge is 0.119 e. The average molecular weight is 291 g/mol. The first-order valence-electron chi connectivity index (χ1n) is 7.97. The zero-order valence-corrected chi connectivity index (χ0v) is 13.6. The van der Waals surface area contributed by atoms with Gasteiger partial charge in [-0.1, -0.05) is 12.1 Å². The Bertz CT molecular complexity index is 413. The number of likely N-dealkylation sites (tertiary alicyclic amines) is 1. The van der Waals surface area contributed by atoms with Crippen LogP contribution < -0.4 is 10.5 Å². The Morgan fingerprint density at radius 3 is 2.48 bits per heavy atom. The van der Waals surface area contributed by atoms with E-state index in [2.05, 4.69) is 36.0 Å². The van der Waals surface area contributed by atoms with E-state index in [-0.39, 0.29) is 6.04 Å². The molecule has 118 valence electrons. The van der Waals surface area contributed by atoms with Crippen molar-refractivity contribution in [3.63, 3.8) is 0 Å². The highest BCUT2D eigenvalue weighted by molar-refractivity contribution is 5.29. The van der Waals surface area contributed by atoms with Gasteiger partial charge in [0.1, 0.15) is 5.75 Å². The van der Waals surface area contributed by atoms with Gasteiger partial charge in [0.05, 0.1) is 6.61 Å². The van der Waals surface area contributed by atoms with Gasteiger partial charge in [-0.2, -0.15) is 0 Å². The Balaban J connectivity index is 1.86. The van der Waals surface area contributed by atoms with Gasteiger partial charge < -0.3 is 20.3 Å². The fourth-order valence-corrected chi connectivity index (χ4v) is 2.98. The van der Waals surface area contributed by atoms with Crippen LogP contribution in [0.1, 0.15) is 31.4 Å². The summed E-state index contributed by atoms with van der Waals surface area (Å²) in [5, 5.41) is 0. The zero-order valence-electron chi connectivity index (χ0n) is 13.6. The number of nitrogens with two attached hydrogens (primary N) is 1. The maximum absolute atomic E-state index is 6.36. The molecule has 1 unspecified atom stereocenters. The Morgan fingerprint density at radius 1 is 1.29 bits per heavy atom. The maximum Gasteiger partial charge on any atom is 0.119 e. The molecule has 1 aromatic rings. The SMILES string of the molecule is CCOc1ccc(C(N)CN(C)C2CCN(C)CC2)cc1. The molecule has 1 saturated heterocycles. The quantitative estimate of drug-likeness (QED) is 0.871. The van der Waals surface area contributed by atoms with Crippen molar-refractivity contribution in [2.24, 2.45) is 5.73 Å². The monoisotopic (exact) mass is 291 g/mol. The lowest BCUT2D eigenvalue weighted by atomic mass is 10.0. The molecule has 4 nitrogen and oxygen atoms in total. The van der Waals surface area contributed by atoms with Gasteiger partial charge in [0.2, 0.25) is 0 Å². The summed E-state index contributed by atoms with van der Waals surface area (Å²) in [6.45, 7) is 5.98. The summed E-state index contributed by atoms with van der Waals surface area (Å²) in [5.41, 5.74) is 7.54. The highest BCUT2D eigenvalue weighted by atomic mass is 16.5. The van der Waals surface area contributed by atoms with E-state index in [1.54, 1.807) is 0 Å². The topological polar surface area (TPSA) is 41.7 Å². The lowest BCUT2D eigenvalue weighted by Crippen LogP contribution is -2.44. The molecule has 1 aromatic carbocycles. The van der Waals surface area contributed by atoms with Crippen molar-refractivity contribution in [3.05, 3.63) is 29.8 Å². The normalized spacial score (nSPS) is 18.9. The van der Waals surface area contributed by atoms with Crippen molar-refractivity contribution in [2.45, 2.75) is 31.8 Å². The third-order valence-corrected chi connectivity index (χ3v) is 4.42. The van der Waals surface area contributed by atoms with Crippen LogP contribution in [0.5, 0.6) is 5.75 Å². The number of rotatable bonds is 6. The summed E-state index contributed by atoms with van der Waals surface area (Å²) >= 11 is 0. The summed E-state index contributed by atoms with van der Waals surface area (Å²) < 4.78 is 5.47. The van der Waals surface area contributed by atoms with Gasteiger partial charge in [-0.05, 0) is 64.6 Å². The summed E-state index contributed by atoms with van der Waals surface area (Å²) in [5.74, 6) is 0.914.